The van der Waals surface area contributed by atoms with Crippen LogP contribution in [0.1, 0.15) is 39.0 Å². The number of nitrogens with one attached hydrogen (secondary N) is 1. The number of alkyl halides is 3. The van der Waals surface area contributed by atoms with Crippen molar-refractivity contribution in [1.29, 1.82) is 0 Å². The van der Waals surface area contributed by atoms with Gasteiger partial charge >= 0.3 is 12.1 Å². The first-order chi connectivity index (χ1) is 7.76. The van der Waals surface area contributed by atoms with Gasteiger partial charge in [-0.2, -0.15) is 13.2 Å². The monoisotopic (exact) mass is 255 g/mol. The minimum Gasteiger partial charge on any atom is -0.480 e. The number of carboxylic acids is 1. The highest BCUT2D eigenvalue weighted by Gasteiger charge is 2.32. The maximum atomic E-state index is 11.9. The van der Waals surface area contributed by atoms with Crippen molar-refractivity contribution in [2.45, 2.75) is 51.2 Å². The molecule has 0 aliphatic heterocycles. The molecule has 0 aliphatic carbocycles. The van der Waals surface area contributed by atoms with Crippen LogP contribution in [0.15, 0.2) is 0 Å². The zero-order chi connectivity index (χ0) is 13.5. The van der Waals surface area contributed by atoms with E-state index in [4.69, 9.17) is 5.11 Å². The van der Waals surface area contributed by atoms with E-state index in [2.05, 4.69) is 0 Å². The molecular weight excluding hydrogens is 239 g/mol. The van der Waals surface area contributed by atoms with Gasteiger partial charge in [-0.3, -0.25) is 4.79 Å². The van der Waals surface area contributed by atoms with Gasteiger partial charge in [-0.25, -0.2) is 4.79 Å². The average molecular weight is 255 g/mol. The number of carbonyl (C=O) groups excluding carboxylic acids is 1. The fourth-order valence-electron chi connectivity index (χ4n) is 1.28. The summed E-state index contributed by atoms with van der Waals surface area (Å²) in [6.07, 6.45) is -3.92. The number of hydrogen-bond donors (Lipinski definition) is 2. The molecule has 1 unspecified atom stereocenters. The topological polar surface area (TPSA) is 66.4 Å². The second kappa shape index (κ2) is 7.13. The molecule has 0 aromatic carbocycles. The molecule has 0 fully saturated rings. The zero-order valence-corrected chi connectivity index (χ0v) is 9.51. The smallest absolute Gasteiger partial charge is 0.397 e. The Morgan fingerprint density at radius 3 is 2.29 bits per heavy atom. The molecule has 2 N–H and O–H groups in total. The van der Waals surface area contributed by atoms with Gasteiger partial charge in [0.25, 0.3) is 0 Å². The molecule has 0 spiro atoms. The van der Waals surface area contributed by atoms with Gasteiger partial charge in [0.15, 0.2) is 0 Å². The number of rotatable bonds is 7. The van der Waals surface area contributed by atoms with E-state index in [1.807, 2.05) is 12.2 Å². The average Bonchev–Trinajstić information content (AvgIpc) is 2.13. The highest BCUT2D eigenvalue weighted by molar-refractivity contribution is 5.83. The van der Waals surface area contributed by atoms with Crippen molar-refractivity contribution < 1.29 is 27.9 Å². The van der Waals surface area contributed by atoms with E-state index in [1.165, 1.54) is 0 Å². The number of carboxylic acid groups (broad SMARTS) is 1. The molecule has 100 valence electrons. The van der Waals surface area contributed by atoms with Crippen molar-refractivity contribution in [3.05, 3.63) is 0 Å². The molecule has 4 nitrogen and oxygen atoms in total. The standard InChI is InChI=1S/C10H16F3NO3/c1-2-3-4-5-7(9(16)17)14-8(15)6-10(11,12)13/h7H,2-6H2,1H3,(H,14,15)(H,16,17). The van der Waals surface area contributed by atoms with Crippen molar-refractivity contribution >= 4 is 11.9 Å². The summed E-state index contributed by atoms with van der Waals surface area (Å²) in [6, 6.07) is -1.24. The highest BCUT2D eigenvalue weighted by atomic mass is 19.4. The molecule has 7 heteroatoms. The van der Waals surface area contributed by atoms with Crippen molar-refractivity contribution in [1.82, 2.24) is 5.32 Å². The number of carbonyl (C=O) groups is 2. The molecular formula is C10H16F3NO3. The lowest BCUT2D eigenvalue weighted by Crippen LogP contribution is -2.42. The molecule has 0 radical (unpaired) electrons. The first-order valence-corrected chi connectivity index (χ1v) is 5.35. The van der Waals surface area contributed by atoms with Crippen molar-refractivity contribution in [2.24, 2.45) is 0 Å². The quantitative estimate of drug-likeness (QED) is 0.684. The van der Waals surface area contributed by atoms with Gasteiger partial charge in [0, 0.05) is 0 Å². The summed E-state index contributed by atoms with van der Waals surface area (Å²) in [5.41, 5.74) is 0. The first kappa shape index (κ1) is 15.7. The summed E-state index contributed by atoms with van der Waals surface area (Å²) >= 11 is 0. The van der Waals surface area contributed by atoms with Crippen LogP contribution in [0.25, 0.3) is 0 Å². The molecule has 0 aliphatic rings. The third-order valence-corrected chi connectivity index (χ3v) is 2.09. The van der Waals surface area contributed by atoms with Crippen LogP contribution < -0.4 is 5.32 Å². The Morgan fingerprint density at radius 2 is 1.88 bits per heavy atom. The molecule has 0 saturated heterocycles. The summed E-state index contributed by atoms with van der Waals surface area (Å²) in [4.78, 5) is 21.6. The fourth-order valence-corrected chi connectivity index (χ4v) is 1.28. The van der Waals surface area contributed by atoms with E-state index in [-0.39, 0.29) is 6.42 Å². The normalized spacial score (nSPS) is 13.2. The van der Waals surface area contributed by atoms with Gasteiger partial charge in [0.05, 0.1) is 0 Å². The van der Waals surface area contributed by atoms with Crippen molar-refractivity contribution in [2.75, 3.05) is 0 Å². The summed E-state index contributed by atoms with van der Waals surface area (Å²) in [5.74, 6) is -2.61. The van der Waals surface area contributed by atoms with Gasteiger partial charge in [0.2, 0.25) is 5.91 Å². The lowest BCUT2D eigenvalue weighted by molar-refractivity contribution is -0.156. The molecule has 0 saturated carbocycles. The second-order valence-electron chi connectivity index (χ2n) is 3.75. The van der Waals surface area contributed by atoms with Crippen LogP contribution in [0.3, 0.4) is 0 Å². The van der Waals surface area contributed by atoms with Crippen molar-refractivity contribution in [3.63, 3.8) is 0 Å². The van der Waals surface area contributed by atoms with Gasteiger partial charge in [-0.1, -0.05) is 26.2 Å². The Labute approximate surface area is 97.2 Å². The Kier molecular flexibility index (Phi) is 6.60. The second-order valence-corrected chi connectivity index (χ2v) is 3.75. The van der Waals surface area contributed by atoms with E-state index in [0.717, 1.165) is 12.8 Å². The number of amides is 1. The largest absolute Gasteiger partial charge is 0.480 e. The van der Waals surface area contributed by atoms with Crippen LogP contribution in [-0.4, -0.2) is 29.2 Å². The lowest BCUT2D eigenvalue weighted by Gasteiger charge is -2.15. The third-order valence-electron chi connectivity index (χ3n) is 2.09. The van der Waals surface area contributed by atoms with Gasteiger partial charge in [-0.15, -0.1) is 0 Å². The predicted octanol–water partition coefficient (Wildman–Crippen LogP) is 2.09. The van der Waals surface area contributed by atoms with Gasteiger partial charge in [0.1, 0.15) is 12.5 Å². The molecule has 0 rings (SSSR count). The Balaban J connectivity index is 4.16. The number of hydrogen-bond acceptors (Lipinski definition) is 2. The number of halogens is 3. The molecule has 17 heavy (non-hydrogen) atoms. The number of unbranched alkanes of at least 4 members (excludes halogenated alkanes) is 2. The van der Waals surface area contributed by atoms with Crippen LogP contribution in [0.2, 0.25) is 0 Å². The van der Waals surface area contributed by atoms with Gasteiger partial charge in [-0.05, 0) is 6.42 Å². The SMILES string of the molecule is CCCCCC(NC(=O)CC(F)(F)F)C(=O)O. The van der Waals surface area contributed by atoms with Crippen LogP contribution in [0, 0.1) is 0 Å². The predicted molar refractivity (Wildman–Crippen MR) is 54.4 cm³/mol. The van der Waals surface area contributed by atoms with Crippen LogP contribution in [0.4, 0.5) is 13.2 Å². The van der Waals surface area contributed by atoms with E-state index in [0.29, 0.717) is 6.42 Å². The minimum absolute atomic E-state index is 0.146. The first-order valence-electron chi connectivity index (χ1n) is 5.35. The van der Waals surface area contributed by atoms with E-state index in [1.54, 1.807) is 0 Å². The highest BCUT2D eigenvalue weighted by Crippen LogP contribution is 2.19. The van der Waals surface area contributed by atoms with Crippen LogP contribution >= 0.6 is 0 Å². The molecule has 1 amide bonds. The molecule has 0 heterocycles. The lowest BCUT2D eigenvalue weighted by atomic mass is 10.1. The Hall–Kier alpha value is -1.27. The Bertz CT molecular complexity index is 266. The summed E-state index contributed by atoms with van der Waals surface area (Å²) in [7, 11) is 0. The third kappa shape index (κ3) is 8.53. The Morgan fingerprint density at radius 1 is 1.29 bits per heavy atom. The summed E-state index contributed by atoms with van der Waals surface area (Å²) < 4.78 is 35.6. The zero-order valence-electron chi connectivity index (χ0n) is 9.51. The van der Waals surface area contributed by atoms with E-state index >= 15 is 0 Å². The molecule has 0 bridgehead atoms. The van der Waals surface area contributed by atoms with Crippen molar-refractivity contribution in [3.8, 4) is 0 Å². The molecule has 0 aromatic heterocycles. The minimum atomic E-state index is -4.61. The fraction of sp³-hybridized carbons (Fsp3) is 0.800. The maximum absolute atomic E-state index is 11.9. The van der Waals surface area contributed by atoms with Gasteiger partial charge < -0.3 is 10.4 Å². The number of aliphatic carboxylic acids is 1. The maximum Gasteiger partial charge on any atom is 0.397 e. The van der Waals surface area contributed by atoms with Crippen LogP contribution in [0.5, 0.6) is 0 Å². The molecule has 0 aromatic rings. The van der Waals surface area contributed by atoms with E-state index in [9.17, 15) is 22.8 Å². The van der Waals surface area contributed by atoms with Crippen LogP contribution in [-0.2, 0) is 9.59 Å². The summed E-state index contributed by atoms with van der Waals surface area (Å²) in [6.45, 7) is 1.91. The summed E-state index contributed by atoms with van der Waals surface area (Å²) in [5, 5.41) is 10.6. The van der Waals surface area contributed by atoms with E-state index < -0.39 is 30.5 Å². The molecule has 1 atom stereocenters.